The number of anilines is 1. The molecule has 1 atom stereocenters. The van der Waals surface area contributed by atoms with Crippen LogP contribution in [0, 0.1) is 0 Å². The van der Waals surface area contributed by atoms with E-state index in [0.29, 0.717) is 17.9 Å². The number of benzene rings is 2. The van der Waals surface area contributed by atoms with Crippen LogP contribution in [0.2, 0.25) is 0 Å². The Hall–Kier alpha value is -1.99. The molecule has 2 aromatic carbocycles. The van der Waals surface area contributed by atoms with Crippen molar-refractivity contribution in [3.63, 3.8) is 0 Å². The Kier molecular flexibility index (Phi) is 5.65. The normalized spacial score (nSPS) is 18.6. The van der Waals surface area contributed by atoms with Crippen LogP contribution in [0.4, 0.5) is 5.69 Å². The van der Waals surface area contributed by atoms with E-state index in [1.807, 2.05) is 30.3 Å². The third-order valence-electron chi connectivity index (χ3n) is 3.76. The number of amides is 1. The van der Waals surface area contributed by atoms with Gasteiger partial charge in [-0.05, 0) is 42.8 Å². The summed E-state index contributed by atoms with van der Waals surface area (Å²) in [6.45, 7) is 0. The van der Waals surface area contributed by atoms with Gasteiger partial charge in [-0.25, -0.2) is 8.42 Å². The zero-order chi connectivity index (χ0) is 17.7. The number of carbonyl (C=O) groups excluding carboxylic acids is 1. The molecular formula is C18H19NO4S2. The van der Waals surface area contributed by atoms with E-state index in [9.17, 15) is 13.2 Å². The van der Waals surface area contributed by atoms with Gasteiger partial charge in [0.1, 0.15) is 11.5 Å². The maximum Gasteiger partial charge on any atom is 0.234 e. The van der Waals surface area contributed by atoms with Gasteiger partial charge >= 0.3 is 0 Å². The third kappa shape index (κ3) is 5.51. The number of para-hydroxylation sites is 1. The Morgan fingerprint density at radius 2 is 1.76 bits per heavy atom. The summed E-state index contributed by atoms with van der Waals surface area (Å²) < 4.78 is 28.5. The van der Waals surface area contributed by atoms with Crippen molar-refractivity contribution in [2.75, 3.05) is 22.6 Å². The van der Waals surface area contributed by atoms with Crippen LogP contribution in [-0.2, 0) is 14.6 Å². The molecule has 1 aliphatic heterocycles. The summed E-state index contributed by atoms with van der Waals surface area (Å²) in [6, 6.07) is 16.6. The SMILES string of the molecule is O=C(CS[C@H]1CCS(=O)(=O)C1)Nc1ccc(Oc2ccccc2)cc1. The van der Waals surface area contributed by atoms with Crippen LogP contribution in [0.25, 0.3) is 0 Å². The Labute approximate surface area is 151 Å². The molecular weight excluding hydrogens is 358 g/mol. The number of sulfone groups is 1. The van der Waals surface area contributed by atoms with Gasteiger partial charge in [-0.2, -0.15) is 0 Å². The molecule has 25 heavy (non-hydrogen) atoms. The molecule has 132 valence electrons. The molecule has 3 rings (SSSR count). The van der Waals surface area contributed by atoms with Crippen molar-refractivity contribution < 1.29 is 17.9 Å². The third-order valence-corrected chi connectivity index (χ3v) is 7.04. The molecule has 0 aromatic heterocycles. The number of thioether (sulfide) groups is 1. The smallest absolute Gasteiger partial charge is 0.234 e. The highest BCUT2D eigenvalue weighted by molar-refractivity contribution is 8.02. The lowest BCUT2D eigenvalue weighted by Crippen LogP contribution is -2.17. The molecule has 0 radical (unpaired) electrons. The fourth-order valence-corrected chi connectivity index (χ4v) is 5.96. The van der Waals surface area contributed by atoms with Gasteiger partial charge in [0, 0.05) is 10.9 Å². The minimum Gasteiger partial charge on any atom is -0.457 e. The van der Waals surface area contributed by atoms with Crippen LogP contribution >= 0.6 is 11.8 Å². The Morgan fingerprint density at radius 3 is 2.40 bits per heavy atom. The van der Waals surface area contributed by atoms with Gasteiger partial charge < -0.3 is 10.1 Å². The Morgan fingerprint density at radius 1 is 1.08 bits per heavy atom. The first-order valence-corrected chi connectivity index (χ1v) is 10.8. The molecule has 1 fully saturated rings. The van der Waals surface area contributed by atoms with Gasteiger partial charge in [-0.15, -0.1) is 11.8 Å². The number of carbonyl (C=O) groups is 1. The molecule has 5 nitrogen and oxygen atoms in total. The van der Waals surface area contributed by atoms with Crippen molar-refractivity contribution in [3.05, 3.63) is 54.6 Å². The molecule has 7 heteroatoms. The van der Waals surface area contributed by atoms with Crippen molar-refractivity contribution >= 4 is 33.2 Å². The number of hydrogen-bond donors (Lipinski definition) is 1. The fourth-order valence-electron chi connectivity index (χ4n) is 2.51. The van der Waals surface area contributed by atoms with Crippen molar-refractivity contribution in [1.82, 2.24) is 0 Å². The van der Waals surface area contributed by atoms with Crippen molar-refractivity contribution in [1.29, 1.82) is 0 Å². The number of nitrogens with one attached hydrogen (secondary N) is 1. The predicted octanol–water partition coefficient (Wildman–Crippen LogP) is 3.34. The van der Waals surface area contributed by atoms with E-state index in [2.05, 4.69) is 5.32 Å². The van der Waals surface area contributed by atoms with E-state index >= 15 is 0 Å². The molecule has 2 aromatic rings. The van der Waals surface area contributed by atoms with Crippen LogP contribution in [0.5, 0.6) is 11.5 Å². The molecule has 0 spiro atoms. The summed E-state index contributed by atoms with van der Waals surface area (Å²) in [5, 5.41) is 2.84. The van der Waals surface area contributed by atoms with E-state index in [0.717, 1.165) is 5.75 Å². The van der Waals surface area contributed by atoms with Gasteiger partial charge in [-0.3, -0.25) is 4.79 Å². The highest BCUT2D eigenvalue weighted by Gasteiger charge is 2.28. The molecule has 1 saturated heterocycles. The summed E-state index contributed by atoms with van der Waals surface area (Å²) in [4.78, 5) is 12.0. The Balaban J connectivity index is 1.47. The van der Waals surface area contributed by atoms with Crippen LogP contribution in [-0.4, -0.2) is 36.8 Å². The molecule has 0 aliphatic carbocycles. The second-order valence-corrected chi connectivity index (χ2v) is 9.34. The van der Waals surface area contributed by atoms with Gasteiger partial charge in [0.05, 0.1) is 17.3 Å². The molecule has 1 N–H and O–H groups in total. The molecule has 1 heterocycles. The van der Waals surface area contributed by atoms with E-state index in [-0.39, 0.29) is 28.4 Å². The zero-order valence-electron chi connectivity index (χ0n) is 13.6. The molecule has 0 bridgehead atoms. The first-order chi connectivity index (χ1) is 12.0. The molecule has 0 saturated carbocycles. The van der Waals surface area contributed by atoms with Gasteiger partial charge in [-0.1, -0.05) is 18.2 Å². The topological polar surface area (TPSA) is 72.5 Å². The van der Waals surface area contributed by atoms with Crippen LogP contribution in [0.15, 0.2) is 54.6 Å². The van der Waals surface area contributed by atoms with Gasteiger partial charge in [0.15, 0.2) is 9.84 Å². The average Bonchev–Trinajstić information content (AvgIpc) is 2.95. The first kappa shape index (κ1) is 17.8. The summed E-state index contributed by atoms with van der Waals surface area (Å²) in [7, 11) is -2.90. The summed E-state index contributed by atoms with van der Waals surface area (Å²) in [6.07, 6.45) is 0.631. The lowest BCUT2D eigenvalue weighted by atomic mass is 10.3. The zero-order valence-corrected chi connectivity index (χ0v) is 15.2. The second-order valence-electron chi connectivity index (χ2n) is 5.82. The minimum atomic E-state index is -2.90. The maximum atomic E-state index is 12.0. The number of rotatable bonds is 6. The maximum absolute atomic E-state index is 12.0. The van der Waals surface area contributed by atoms with Crippen molar-refractivity contribution in [2.45, 2.75) is 11.7 Å². The number of ether oxygens (including phenoxy) is 1. The molecule has 1 aliphatic rings. The Bertz CT molecular complexity index is 820. The van der Waals surface area contributed by atoms with E-state index < -0.39 is 9.84 Å². The lowest BCUT2D eigenvalue weighted by molar-refractivity contribution is -0.113. The molecule has 0 unspecified atom stereocenters. The van der Waals surface area contributed by atoms with Gasteiger partial charge in [0.2, 0.25) is 5.91 Å². The summed E-state index contributed by atoms with van der Waals surface area (Å²) in [5.41, 5.74) is 0.685. The quantitative estimate of drug-likeness (QED) is 0.836. The summed E-state index contributed by atoms with van der Waals surface area (Å²) in [5.74, 6) is 1.97. The largest absolute Gasteiger partial charge is 0.457 e. The van der Waals surface area contributed by atoms with Gasteiger partial charge in [0.25, 0.3) is 0 Å². The highest BCUT2D eigenvalue weighted by Crippen LogP contribution is 2.25. The van der Waals surface area contributed by atoms with Crippen molar-refractivity contribution in [3.8, 4) is 11.5 Å². The standard InChI is InChI=1S/C18H19NO4S2/c20-18(12-24-17-10-11-25(21,22)13-17)19-14-6-8-16(9-7-14)23-15-4-2-1-3-5-15/h1-9,17H,10-13H2,(H,19,20)/t17-/m0/s1. The highest BCUT2D eigenvalue weighted by atomic mass is 32.2. The summed E-state index contributed by atoms with van der Waals surface area (Å²) >= 11 is 1.40. The van der Waals surface area contributed by atoms with E-state index in [4.69, 9.17) is 4.74 Å². The van der Waals surface area contributed by atoms with Crippen LogP contribution in [0.3, 0.4) is 0 Å². The van der Waals surface area contributed by atoms with Crippen LogP contribution in [0.1, 0.15) is 6.42 Å². The number of hydrogen-bond acceptors (Lipinski definition) is 5. The van der Waals surface area contributed by atoms with E-state index in [1.54, 1.807) is 24.3 Å². The average molecular weight is 377 g/mol. The van der Waals surface area contributed by atoms with Crippen LogP contribution < -0.4 is 10.1 Å². The fraction of sp³-hybridized carbons (Fsp3) is 0.278. The predicted molar refractivity (Wildman–Crippen MR) is 101 cm³/mol. The van der Waals surface area contributed by atoms with Crippen molar-refractivity contribution in [2.24, 2.45) is 0 Å². The molecule has 1 amide bonds. The lowest BCUT2D eigenvalue weighted by Gasteiger charge is -2.09. The monoisotopic (exact) mass is 377 g/mol. The minimum absolute atomic E-state index is 0.0254. The first-order valence-electron chi connectivity index (χ1n) is 7.95. The van der Waals surface area contributed by atoms with E-state index in [1.165, 1.54) is 11.8 Å². The second kappa shape index (κ2) is 7.93.